The molecule has 3 aliphatic rings. The van der Waals surface area contributed by atoms with Crippen molar-refractivity contribution in [3.05, 3.63) is 65.2 Å². The predicted octanol–water partition coefficient (Wildman–Crippen LogP) is 2.47. The van der Waals surface area contributed by atoms with Crippen LogP contribution in [-0.2, 0) is 40.3 Å². The third-order valence-corrected chi connectivity index (χ3v) is 8.34. The number of Topliss-reactive ketones (excluding diaryl/α,β-unsaturated/α-hetero) is 1. The highest BCUT2D eigenvalue weighted by molar-refractivity contribution is 7.87. The average Bonchev–Trinajstić information content (AvgIpc) is 3.23. The normalized spacial score (nSPS) is 34.2. The van der Waals surface area contributed by atoms with Crippen LogP contribution in [0.15, 0.2) is 53.4 Å². The molecule has 2 aromatic carbocycles. The fraction of sp³-hybridized carbons (Fsp3) is 0.391. The summed E-state index contributed by atoms with van der Waals surface area (Å²) in [6.07, 6.45) is -2.17. The molecular formula is C23H22O7S. The summed E-state index contributed by atoms with van der Waals surface area (Å²) in [7, 11) is -0.586. The lowest BCUT2D eigenvalue weighted by Crippen LogP contribution is -2.59. The van der Waals surface area contributed by atoms with Gasteiger partial charge in [0.1, 0.15) is 6.10 Å². The van der Waals surface area contributed by atoms with E-state index in [0.717, 1.165) is 5.56 Å². The molecule has 5 rings (SSSR count). The molecule has 162 valence electrons. The number of methoxy groups -OCH3 is 1. The minimum absolute atomic E-state index is 0.246. The minimum Gasteiger partial charge on any atom is -0.434 e. The predicted molar refractivity (Wildman–Crippen MR) is 110 cm³/mol. The number of esters is 1. The number of carbonyl (C=O) groups is 2. The van der Waals surface area contributed by atoms with E-state index in [-0.39, 0.29) is 12.4 Å². The average molecular weight is 442 g/mol. The zero-order valence-corrected chi connectivity index (χ0v) is 18.1. The molecule has 7 nitrogen and oxygen atoms in total. The summed E-state index contributed by atoms with van der Waals surface area (Å²) in [6.45, 7) is 3.92. The Balaban J connectivity index is 1.82. The molecule has 31 heavy (non-hydrogen) atoms. The molecule has 3 aliphatic heterocycles. The van der Waals surface area contributed by atoms with Crippen LogP contribution in [-0.4, -0.2) is 46.8 Å². The van der Waals surface area contributed by atoms with Gasteiger partial charge >= 0.3 is 5.97 Å². The van der Waals surface area contributed by atoms with Gasteiger partial charge in [-0.05, 0) is 26.0 Å². The van der Waals surface area contributed by atoms with Gasteiger partial charge in [-0.1, -0.05) is 42.0 Å². The van der Waals surface area contributed by atoms with Crippen molar-refractivity contribution in [2.24, 2.45) is 5.92 Å². The standard InChI is InChI=1S/C23H22O7S/c1-4-28-20-17-19-18(24)15-7-5-6-8-16(15)23(27-3,30-19)22(17,21(25)29-20)31(26)14-11-9-13(2)10-12-14/h5-12,17,19-20H,4H2,1-3H3/t17-,19+,20+,22+,23+,31?/m1/s1. The Morgan fingerprint density at radius 3 is 2.48 bits per heavy atom. The minimum atomic E-state index is -1.98. The third-order valence-electron chi connectivity index (χ3n) is 6.35. The summed E-state index contributed by atoms with van der Waals surface area (Å²) in [4.78, 5) is 27.4. The number of hydrogen-bond donors (Lipinski definition) is 0. The molecule has 0 N–H and O–H groups in total. The SMILES string of the molecule is CCO[C@H]1OC(=O)[C@@]2(S(=O)c3ccc(C)cc3)[C@@H]1[C@@H]1O[C@@]2(OC)c2ccccc2C1=O. The number of ketones is 1. The van der Waals surface area contributed by atoms with Gasteiger partial charge in [0.05, 0.1) is 16.7 Å². The Bertz CT molecular complexity index is 1100. The molecule has 0 radical (unpaired) electrons. The molecular weight excluding hydrogens is 420 g/mol. The van der Waals surface area contributed by atoms with Crippen LogP contribution in [0.25, 0.3) is 0 Å². The number of carbonyl (C=O) groups excluding carboxylic acids is 2. The van der Waals surface area contributed by atoms with Crippen molar-refractivity contribution < 1.29 is 32.7 Å². The van der Waals surface area contributed by atoms with Gasteiger partial charge in [0, 0.05) is 29.7 Å². The quantitative estimate of drug-likeness (QED) is 0.658. The summed E-state index contributed by atoms with van der Waals surface area (Å²) in [6, 6.07) is 13.9. The van der Waals surface area contributed by atoms with Crippen LogP contribution < -0.4 is 0 Å². The fourth-order valence-electron chi connectivity index (χ4n) is 5.04. The summed E-state index contributed by atoms with van der Waals surface area (Å²) in [5.74, 6) is -3.77. The first kappa shape index (κ1) is 20.5. The van der Waals surface area contributed by atoms with Gasteiger partial charge in [0.15, 0.2) is 5.78 Å². The summed E-state index contributed by atoms with van der Waals surface area (Å²) < 4.78 is 35.8. The molecule has 0 aliphatic carbocycles. The molecule has 8 heteroatoms. The van der Waals surface area contributed by atoms with Gasteiger partial charge in [0.25, 0.3) is 0 Å². The summed E-state index contributed by atoms with van der Waals surface area (Å²) in [5, 5.41) is 0. The lowest BCUT2D eigenvalue weighted by Gasteiger charge is -2.40. The molecule has 6 atom stereocenters. The van der Waals surface area contributed by atoms with E-state index >= 15 is 0 Å². The first-order chi connectivity index (χ1) is 14.9. The number of ether oxygens (including phenoxy) is 4. The van der Waals surface area contributed by atoms with E-state index < -0.39 is 45.6 Å². The van der Waals surface area contributed by atoms with E-state index in [1.54, 1.807) is 43.3 Å². The van der Waals surface area contributed by atoms with Crippen molar-refractivity contribution in [2.75, 3.05) is 13.7 Å². The number of hydrogen-bond acceptors (Lipinski definition) is 7. The monoisotopic (exact) mass is 442 g/mol. The lowest BCUT2D eigenvalue weighted by molar-refractivity contribution is -0.238. The van der Waals surface area contributed by atoms with Gasteiger partial charge in [-0.2, -0.15) is 0 Å². The second-order valence-corrected chi connectivity index (χ2v) is 9.49. The molecule has 2 aromatic rings. The van der Waals surface area contributed by atoms with Gasteiger partial charge in [-0.15, -0.1) is 0 Å². The highest BCUT2D eigenvalue weighted by Gasteiger charge is 2.84. The maximum atomic E-state index is 14.2. The van der Waals surface area contributed by atoms with Crippen molar-refractivity contribution in [1.29, 1.82) is 0 Å². The van der Waals surface area contributed by atoms with Crippen LogP contribution in [0.3, 0.4) is 0 Å². The summed E-state index contributed by atoms with van der Waals surface area (Å²) in [5.41, 5.74) is 1.74. The van der Waals surface area contributed by atoms with E-state index in [1.807, 2.05) is 19.1 Å². The van der Waals surface area contributed by atoms with Crippen LogP contribution in [0.5, 0.6) is 0 Å². The van der Waals surface area contributed by atoms with E-state index in [2.05, 4.69) is 0 Å². The number of aryl methyl sites for hydroxylation is 1. The Kier molecular flexibility index (Phi) is 4.67. The first-order valence-corrected chi connectivity index (χ1v) is 11.2. The Morgan fingerprint density at radius 2 is 1.81 bits per heavy atom. The Labute approximate surface area is 182 Å². The highest BCUT2D eigenvalue weighted by Crippen LogP contribution is 2.63. The van der Waals surface area contributed by atoms with Crippen LogP contribution >= 0.6 is 0 Å². The first-order valence-electron chi connectivity index (χ1n) is 10.1. The second-order valence-electron chi connectivity index (χ2n) is 7.84. The number of fused-ring (bicyclic) bond motifs is 7. The Hall–Kier alpha value is -2.39. The van der Waals surface area contributed by atoms with E-state index in [4.69, 9.17) is 18.9 Å². The van der Waals surface area contributed by atoms with Crippen molar-refractivity contribution in [1.82, 2.24) is 0 Å². The lowest BCUT2D eigenvalue weighted by atomic mass is 9.84. The molecule has 2 saturated heterocycles. The fourth-order valence-corrected chi connectivity index (χ4v) is 6.96. The van der Waals surface area contributed by atoms with E-state index in [9.17, 15) is 13.8 Å². The van der Waals surface area contributed by atoms with Crippen molar-refractivity contribution in [3.63, 3.8) is 0 Å². The van der Waals surface area contributed by atoms with E-state index in [0.29, 0.717) is 16.0 Å². The van der Waals surface area contributed by atoms with Crippen LogP contribution in [0, 0.1) is 12.8 Å². The van der Waals surface area contributed by atoms with Crippen molar-refractivity contribution in [3.8, 4) is 0 Å². The zero-order chi connectivity index (χ0) is 22.0. The highest BCUT2D eigenvalue weighted by atomic mass is 32.2. The zero-order valence-electron chi connectivity index (χ0n) is 17.3. The molecule has 2 bridgehead atoms. The molecule has 1 unspecified atom stereocenters. The second kappa shape index (κ2) is 7.06. The molecule has 0 aromatic heterocycles. The molecule has 0 spiro atoms. The molecule has 0 amide bonds. The maximum absolute atomic E-state index is 14.2. The molecule has 0 saturated carbocycles. The van der Waals surface area contributed by atoms with Gasteiger partial charge in [-0.3, -0.25) is 13.8 Å². The van der Waals surface area contributed by atoms with Crippen molar-refractivity contribution in [2.45, 2.75) is 41.7 Å². The molecule has 3 heterocycles. The van der Waals surface area contributed by atoms with E-state index in [1.165, 1.54) is 7.11 Å². The van der Waals surface area contributed by atoms with Crippen LogP contribution in [0.2, 0.25) is 0 Å². The summed E-state index contributed by atoms with van der Waals surface area (Å²) >= 11 is 0. The maximum Gasteiger partial charge on any atom is 0.334 e. The Morgan fingerprint density at radius 1 is 1.10 bits per heavy atom. The number of cyclic esters (lactones) is 1. The number of benzene rings is 2. The molecule has 2 fully saturated rings. The smallest absolute Gasteiger partial charge is 0.334 e. The largest absolute Gasteiger partial charge is 0.434 e. The topological polar surface area (TPSA) is 88.1 Å². The number of rotatable bonds is 5. The van der Waals surface area contributed by atoms with Crippen LogP contribution in [0.1, 0.15) is 28.4 Å². The third kappa shape index (κ3) is 2.41. The van der Waals surface area contributed by atoms with Crippen LogP contribution in [0.4, 0.5) is 0 Å². The van der Waals surface area contributed by atoms with Crippen molar-refractivity contribution >= 4 is 22.6 Å². The van der Waals surface area contributed by atoms with Gasteiger partial charge < -0.3 is 18.9 Å². The van der Waals surface area contributed by atoms with Gasteiger partial charge in [-0.25, -0.2) is 0 Å². The van der Waals surface area contributed by atoms with Gasteiger partial charge in [0.2, 0.25) is 16.8 Å².